The summed E-state index contributed by atoms with van der Waals surface area (Å²) in [6.45, 7) is 0.418. The highest BCUT2D eigenvalue weighted by molar-refractivity contribution is 7.15. The normalized spacial score (nSPS) is 10.7. The summed E-state index contributed by atoms with van der Waals surface area (Å²) in [6, 6.07) is 15.8. The number of aromatic nitrogens is 2. The number of hydrogen-bond donors (Lipinski definition) is 2. The molecular formula is C21H18N4O3S. The van der Waals surface area contributed by atoms with E-state index in [0.717, 1.165) is 11.4 Å². The molecule has 2 N–H and O–H groups in total. The maximum Gasteiger partial charge on any atom is 0.258 e. The van der Waals surface area contributed by atoms with Gasteiger partial charge in [0, 0.05) is 34.6 Å². The van der Waals surface area contributed by atoms with Gasteiger partial charge in [0.25, 0.3) is 11.5 Å². The molecule has 7 nitrogen and oxygen atoms in total. The molecule has 4 rings (SSSR count). The lowest BCUT2D eigenvalue weighted by Crippen LogP contribution is -2.15. The summed E-state index contributed by atoms with van der Waals surface area (Å²) < 4.78 is 6.63. The number of fused-ring (bicyclic) bond motifs is 1. The molecule has 0 aliphatic carbocycles. The number of anilines is 2. The monoisotopic (exact) mass is 406 g/mol. The van der Waals surface area contributed by atoms with Gasteiger partial charge in [0.05, 0.1) is 19.3 Å². The fourth-order valence-corrected chi connectivity index (χ4v) is 3.53. The summed E-state index contributed by atoms with van der Waals surface area (Å²) in [5, 5.41) is 7.90. The second-order valence-electron chi connectivity index (χ2n) is 6.25. The number of methoxy groups -OCH3 is 1. The van der Waals surface area contributed by atoms with Gasteiger partial charge < -0.3 is 15.4 Å². The van der Waals surface area contributed by atoms with Gasteiger partial charge in [-0.2, -0.15) is 0 Å². The van der Waals surface area contributed by atoms with Crippen LogP contribution in [-0.4, -0.2) is 22.4 Å². The van der Waals surface area contributed by atoms with E-state index in [0.29, 0.717) is 28.5 Å². The van der Waals surface area contributed by atoms with E-state index in [1.807, 2.05) is 17.5 Å². The molecule has 0 atom stereocenters. The van der Waals surface area contributed by atoms with Gasteiger partial charge in [-0.05, 0) is 48.5 Å². The Hall–Kier alpha value is -3.65. The molecule has 2 aromatic heterocycles. The van der Waals surface area contributed by atoms with Crippen molar-refractivity contribution in [3.05, 3.63) is 87.8 Å². The maximum atomic E-state index is 12.4. The van der Waals surface area contributed by atoms with Gasteiger partial charge in [0.2, 0.25) is 0 Å². The van der Waals surface area contributed by atoms with Crippen LogP contribution in [0.3, 0.4) is 0 Å². The third kappa shape index (κ3) is 4.27. The Morgan fingerprint density at radius 3 is 2.55 bits per heavy atom. The van der Waals surface area contributed by atoms with E-state index < -0.39 is 0 Å². The number of nitrogens with one attached hydrogen (secondary N) is 2. The summed E-state index contributed by atoms with van der Waals surface area (Å²) in [7, 11) is 1.60. The van der Waals surface area contributed by atoms with Crippen molar-refractivity contribution >= 4 is 33.6 Å². The Morgan fingerprint density at radius 1 is 1.10 bits per heavy atom. The Morgan fingerprint density at radius 2 is 1.83 bits per heavy atom. The quantitative estimate of drug-likeness (QED) is 0.511. The number of nitrogens with zero attached hydrogens (tertiary/aromatic N) is 2. The first-order valence-corrected chi connectivity index (χ1v) is 9.75. The Labute approximate surface area is 170 Å². The maximum absolute atomic E-state index is 12.4. The van der Waals surface area contributed by atoms with Crippen LogP contribution in [-0.2, 0) is 6.54 Å². The van der Waals surface area contributed by atoms with E-state index in [9.17, 15) is 9.59 Å². The van der Waals surface area contributed by atoms with Crippen LogP contribution in [0.25, 0.3) is 4.96 Å². The summed E-state index contributed by atoms with van der Waals surface area (Å²) in [5.41, 5.74) is 2.64. The summed E-state index contributed by atoms with van der Waals surface area (Å²) in [4.78, 5) is 29.5. The van der Waals surface area contributed by atoms with Crippen LogP contribution >= 0.6 is 11.3 Å². The molecule has 2 heterocycles. The third-order valence-electron chi connectivity index (χ3n) is 4.32. The molecular weight excluding hydrogens is 388 g/mol. The minimum absolute atomic E-state index is 0.0985. The van der Waals surface area contributed by atoms with Crippen LogP contribution in [0.1, 0.15) is 16.1 Å². The molecule has 4 aromatic rings. The number of rotatable bonds is 6. The van der Waals surface area contributed by atoms with Crippen LogP contribution in [0.2, 0.25) is 0 Å². The number of benzene rings is 2. The smallest absolute Gasteiger partial charge is 0.258 e. The van der Waals surface area contributed by atoms with Crippen LogP contribution in [0.15, 0.2) is 71.0 Å². The SMILES string of the molecule is COc1ccc(NC(=O)c2ccc(NCc3cc(=O)n4ccsc4n3)cc2)cc1. The second-order valence-corrected chi connectivity index (χ2v) is 7.13. The highest BCUT2D eigenvalue weighted by Gasteiger charge is 2.07. The number of amides is 1. The Balaban J connectivity index is 1.38. The molecule has 0 unspecified atom stereocenters. The van der Waals surface area contributed by atoms with Crippen molar-refractivity contribution in [1.82, 2.24) is 9.38 Å². The van der Waals surface area contributed by atoms with E-state index in [4.69, 9.17) is 4.74 Å². The number of ether oxygens (including phenoxy) is 1. The van der Waals surface area contributed by atoms with E-state index in [1.54, 1.807) is 49.7 Å². The predicted octanol–water partition coefficient (Wildman–Crippen LogP) is 3.63. The van der Waals surface area contributed by atoms with Crippen LogP contribution in [0.4, 0.5) is 11.4 Å². The van der Waals surface area contributed by atoms with Gasteiger partial charge in [-0.15, -0.1) is 11.3 Å². The van der Waals surface area contributed by atoms with Crippen molar-refractivity contribution in [1.29, 1.82) is 0 Å². The fraction of sp³-hybridized carbons (Fsp3) is 0.0952. The van der Waals surface area contributed by atoms with Crippen molar-refractivity contribution in [3.63, 3.8) is 0 Å². The van der Waals surface area contributed by atoms with E-state index >= 15 is 0 Å². The average Bonchev–Trinajstić information content (AvgIpc) is 3.22. The molecule has 29 heavy (non-hydrogen) atoms. The first-order valence-electron chi connectivity index (χ1n) is 8.87. The zero-order valence-corrected chi connectivity index (χ0v) is 16.4. The molecule has 146 valence electrons. The second kappa shape index (κ2) is 8.15. The fourth-order valence-electron chi connectivity index (χ4n) is 2.79. The molecule has 8 heteroatoms. The van der Waals surface area contributed by atoms with Crippen LogP contribution in [0, 0.1) is 0 Å². The topological polar surface area (TPSA) is 84.7 Å². The number of hydrogen-bond acceptors (Lipinski definition) is 6. The third-order valence-corrected chi connectivity index (χ3v) is 5.08. The standard InChI is InChI=1S/C21H18N4O3S/c1-28-18-8-6-16(7-9-18)23-20(27)14-2-4-15(5-3-14)22-13-17-12-19(26)25-10-11-29-21(25)24-17/h2-12,22H,13H2,1H3,(H,23,27). The molecule has 2 aromatic carbocycles. The van der Waals surface area contributed by atoms with Crippen molar-refractivity contribution < 1.29 is 9.53 Å². The molecule has 0 saturated carbocycles. The Kier molecular flexibility index (Phi) is 5.26. The molecule has 0 spiro atoms. The molecule has 0 fully saturated rings. The zero-order chi connectivity index (χ0) is 20.2. The number of thiazole rings is 1. The molecule has 1 amide bonds. The van der Waals surface area contributed by atoms with E-state index in [-0.39, 0.29) is 11.5 Å². The van der Waals surface area contributed by atoms with E-state index in [1.165, 1.54) is 21.8 Å². The van der Waals surface area contributed by atoms with Gasteiger partial charge in [-0.3, -0.25) is 14.0 Å². The summed E-state index contributed by atoms with van der Waals surface area (Å²) in [6.07, 6.45) is 1.71. The van der Waals surface area contributed by atoms with Crippen molar-refractivity contribution in [2.45, 2.75) is 6.54 Å². The largest absolute Gasteiger partial charge is 0.497 e. The average molecular weight is 406 g/mol. The first-order chi connectivity index (χ1) is 14.1. The Bertz CT molecular complexity index is 1200. The molecule has 0 bridgehead atoms. The van der Waals surface area contributed by atoms with Crippen LogP contribution < -0.4 is 20.9 Å². The lowest BCUT2D eigenvalue weighted by Gasteiger charge is -2.09. The van der Waals surface area contributed by atoms with Gasteiger partial charge in [0.1, 0.15) is 5.75 Å². The molecule has 0 aliphatic rings. The highest BCUT2D eigenvalue weighted by Crippen LogP contribution is 2.17. The van der Waals surface area contributed by atoms with E-state index in [2.05, 4.69) is 15.6 Å². The summed E-state index contributed by atoms with van der Waals surface area (Å²) in [5.74, 6) is 0.536. The van der Waals surface area contributed by atoms with Crippen molar-refractivity contribution in [2.24, 2.45) is 0 Å². The van der Waals surface area contributed by atoms with Crippen LogP contribution in [0.5, 0.6) is 5.75 Å². The van der Waals surface area contributed by atoms with Crippen molar-refractivity contribution in [3.8, 4) is 5.75 Å². The predicted molar refractivity (Wildman–Crippen MR) is 114 cm³/mol. The van der Waals surface area contributed by atoms with Crippen molar-refractivity contribution in [2.75, 3.05) is 17.7 Å². The molecule has 0 aliphatic heterocycles. The van der Waals surface area contributed by atoms with Gasteiger partial charge in [0.15, 0.2) is 4.96 Å². The van der Waals surface area contributed by atoms with Gasteiger partial charge in [-0.25, -0.2) is 4.98 Å². The molecule has 0 radical (unpaired) electrons. The number of carbonyl (C=O) groups excluding carboxylic acids is 1. The summed E-state index contributed by atoms with van der Waals surface area (Å²) >= 11 is 1.42. The lowest BCUT2D eigenvalue weighted by atomic mass is 10.2. The van der Waals surface area contributed by atoms with Gasteiger partial charge >= 0.3 is 0 Å². The minimum atomic E-state index is -0.195. The highest BCUT2D eigenvalue weighted by atomic mass is 32.1. The zero-order valence-electron chi connectivity index (χ0n) is 15.6. The van der Waals surface area contributed by atoms with Gasteiger partial charge in [-0.1, -0.05) is 0 Å². The first kappa shape index (κ1) is 18.7. The molecule has 0 saturated heterocycles. The lowest BCUT2D eigenvalue weighted by molar-refractivity contribution is 0.102. The number of carbonyl (C=O) groups is 1. The minimum Gasteiger partial charge on any atom is -0.497 e.